The summed E-state index contributed by atoms with van der Waals surface area (Å²) in [5.41, 5.74) is 5.63. The average Bonchev–Trinajstić information content (AvgIpc) is 2.60. The molecular weight excluding hydrogens is 370 g/mol. The van der Waals surface area contributed by atoms with Gasteiger partial charge in [0, 0.05) is 48.5 Å². The lowest BCUT2D eigenvalue weighted by Crippen LogP contribution is -2.49. The molecule has 1 aliphatic rings. The van der Waals surface area contributed by atoms with Crippen molar-refractivity contribution in [2.24, 2.45) is 11.7 Å². The fourth-order valence-electron chi connectivity index (χ4n) is 2.95. The number of amidine groups is 1. The van der Waals surface area contributed by atoms with Crippen LogP contribution in [0.15, 0.2) is 30.5 Å². The molecule has 0 unspecified atom stereocenters. The number of aliphatic hydroxyl groups excluding tert-OH is 1. The normalized spacial score (nSPS) is 13.9. The zero-order valence-corrected chi connectivity index (χ0v) is 15.0. The van der Waals surface area contributed by atoms with E-state index in [1.54, 1.807) is 11.0 Å². The quantitative estimate of drug-likeness (QED) is 0.378. The van der Waals surface area contributed by atoms with Gasteiger partial charge in [0.15, 0.2) is 11.6 Å². The number of esters is 1. The maximum absolute atomic E-state index is 14.8. The highest BCUT2D eigenvalue weighted by Crippen LogP contribution is 2.30. The Morgan fingerprint density at radius 1 is 1.39 bits per heavy atom. The van der Waals surface area contributed by atoms with Gasteiger partial charge in [0.2, 0.25) is 0 Å². The van der Waals surface area contributed by atoms with E-state index in [1.807, 2.05) is 0 Å². The molecule has 3 rings (SSSR count). The predicted octanol–water partition coefficient (Wildman–Crippen LogP) is 1.82. The van der Waals surface area contributed by atoms with Crippen molar-refractivity contribution in [3.63, 3.8) is 0 Å². The second-order valence-corrected chi connectivity index (χ2v) is 6.62. The van der Waals surface area contributed by atoms with Crippen molar-refractivity contribution in [2.45, 2.75) is 13.0 Å². The van der Waals surface area contributed by atoms with E-state index >= 15 is 0 Å². The third-order valence-electron chi connectivity index (χ3n) is 4.45. The first-order valence-corrected chi connectivity index (χ1v) is 8.66. The van der Waals surface area contributed by atoms with Gasteiger partial charge >= 0.3 is 5.97 Å². The summed E-state index contributed by atoms with van der Waals surface area (Å²) in [5.74, 6) is -2.01. The predicted molar refractivity (Wildman–Crippen MR) is 98.7 cm³/mol. The van der Waals surface area contributed by atoms with Gasteiger partial charge in [0.25, 0.3) is 0 Å². The first kappa shape index (κ1) is 19.7. The zero-order chi connectivity index (χ0) is 20.3. The number of hydrogen-bond donors (Lipinski definition) is 3. The third kappa shape index (κ3) is 4.25. The highest BCUT2D eigenvalue weighted by atomic mass is 19.1. The molecule has 4 N–H and O–H groups in total. The van der Waals surface area contributed by atoms with Crippen molar-refractivity contribution < 1.29 is 23.4 Å². The van der Waals surface area contributed by atoms with Crippen LogP contribution in [0.4, 0.5) is 14.6 Å². The maximum atomic E-state index is 14.8. The number of aliphatic hydroxyl groups is 1. The van der Waals surface area contributed by atoms with Crippen LogP contribution in [0.5, 0.6) is 0 Å². The monoisotopic (exact) mass is 390 g/mol. The molecule has 9 heteroatoms. The number of nitrogens with two attached hydrogens (primary N) is 1. The number of carbonyl (C=O) groups is 1. The second kappa shape index (κ2) is 8.30. The number of aromatic nitrogens is 1. The molecular formula is C19H20F2N4O3. The fraction of sp³-hybridized carbons (Fsp3) is 0.316. The minimum Gasteiger partial charge on any atom is -0.460 e. The lowest BCUT2D eigenvalue weighted by molar-refractivity contribution is -0.143. The van der Waals surface area contributed by atoms with Crippen molar-refractivity contribution in [3.8, 4) is 11.1 Å². The number of carbonyl (C=O) groups excluding carboxylic acids is 1. The van der Waals surface area contributed by atoms with Gasteiger partial charge in [0.1, 0.15) is 24.7 Å². The highest BCUT2D eigenvalue weighted by molar-refractivity contribution is 5.94. The molecule has 7 nitrogen and oxygen atoms in total. The van der Waals surface area contributed by atoms with Gasteiger partial charge in [-0.25, -0.2) is 13.8 Å². The second-order valence-electron chi connectivity index (χ2n) is 6.62. The Morgan fingerprint density at radius 2 is 2.14 bits per heavy atom. The van der Waals surface area contributed by atoms with Crippen LogP contribution < -0.4 is 10.6 Å². The Bertz CT molecular complexity index is 901. The number of nitrogens with zero attached hydrogens (tertiary/aromatic N) is 2. The van der Waals surface area contributed by atoms with Crippen LogP contribution in [0.3, 0.4) is 0 Å². The van der Waals surface area contributed by atoms with Crippen LogP contribution in [-0.2, 0) is 16.1 Å². The topological polar surface area (TPSA) is 113 Å². The van der Waals surface area contributed by atoms with Crippen molar-refractivity contribution in [1.29, 1.82) is 5.41 Å². The van der Waals surface area contributed by atoms with E-state index in [1.165, 1.54) is 24.4 Å². The number of benzene rings is 1. The summed E-state index contributed by atoms with van der Waals surface area (Å²) < 4.78 is 34.2. The first-order chi connectivity index (χ1) is 13.4. The number of pyridine rings is 1. The molecule has 0 spiro atoms. The molecule has 1 aliphatic heterocycles. The molecule has 0 saturated carbocycles. The molecule has 0 amide bonds. The van der Waals surface area contributed by atoms with Crippen molar-refractivity contribution in [2.75, 3.05) is 24.6 Å². The SMILES string of the molecule is N=C(N)CC(=O)OCc1cccc(-c2cnc(N3CC(CO)C3)c(F)c2)c1F. The molecule has 1 fully saturated rings. The molecule has 1 aromatic heterocycles. The summed E-state index contributed by atoms with van der Waals surface area (Å²) in [6.07, 6.45) is 1.01. The summed E-state index contributed by atoms with van der Waals surface area (Å²) in [5, 5.41) is 16.1. The van der Waals surface area contributed by atoms with E-state index in [9.17, 15) is 13.6 Å². The summed E-state index contributed by atoms with van der Waals surface area (Å²) in [4.78, 5) is 17.3. The van der Waals surface area contributed by atoms with Crippen molar-refractivity contribution >= 4 is 17.6 Å². The van der Waals surface area contributed by atoms with Crippen LogP contribution in [-0.4, -0.2) is 41.6 Å². The molecule has 28 heavy (non-hydrogen) atoms. The fourth-order valence-corrected chi connectivity index (χ4v) is 2.95. The lowest BCUT2D eigenvalue weighted by atomic mass is 10.0. The Balaban J connectivity index is 1.76. The van der Waals surface area contributed by atoms with Gasteiger partial charge in [0.05, 0.1) is 0 Å². The lowest BCUT2D eigenvalue weighted by Gasteiger charge is -2.39. The van der Waals surface area contributed by atoms with Gasteiger partial charge < -0.3 is 20.5 Å². The van der Waals surface area contributed by atoms with Gasteiger partial charge in [-0.1, -0.05) is 18.2 Å². The first-order valence-electron chi connectivity index (χ1n) is 8.66. The third-order valence-corrected chi connectivity index (χ3v) is 4.45. The average molecular weight is 390 g/mol. The van der Waals surface area contributed by atoms with Crippen LogP contribution in [0.1, 0.15) is 12.0 Å². The number of hydrogen-bond acceptors (Lipinski definition) is 6. The van der Waals surface area contributed by atoms with Gasteiger partial charge in [-0.3, -0.25) is 10.2 Å². The Hall–Kier alpha value is -3.07. The minimum absolute atomic E-state index is 0.0468. The number of ether oxygens (including phenoxy) is 1. The number of nitrogens with one attached hydrogen (secondary N) is 1. The Morgan fingerprint density at radius 3 is 2.79 bits per heavy atom. The summed E-state index contributed by atoms with van der Waals surface area (Å²) in [6, 6.07) is 5.71. The Labute approximate surface area is 160 Å². The molecule has 0 radical (unpaired) electrons. The van der Waals surface area contributed by atoms with Crippen molar-refractivity contribution in [3.05, 3.63) is 47.7 Å². The minimum atomic E-state index is -0.731. The smallest absolute Gasteiger partial charge is 0.313 e. The molecule has 2 aromatic rings. The van der Waals surface area contributed by atoms with Crippen LogP contribution in [0, 0.1) is 23.0 Å². The van der Waals surface area contributed by atoms with Crippen molar-refractivity contribution in [1.82, 2.24) is 4.98 Å². The number of anilines is 1. The number of halogens is 2. The van der Waals surface area contributed by atoms with E-state index in [0.717, 1.165) is 0 Å². The number of rotatable bonds is 7. The maximum Gasteiger partial charge on any atom is 0.313 e. The molecule has 0 atom stereocenters. The zero-order valence-electron chi connectivity index (χ0n) is 15.0. The highest BCUT2D eigenvalue weighted by Gasteiger charge is 2.29. The standard InChI is InChI=1S/C19H20F2N4O3/c20-15-4-13(6-24-19(15)25-7-11(8-25)9-26)14-3-1-2-12(18(14)21)10-28-17(27)5-16(22)23/h1-4,6,11,26H,5,7-10H2,(H3,22,23). The largest absolute Gasteiger partial charge is 0.460 e. The van der Waals surface area contributed by atoms with Crippen LogP contribution in [0.2, 0.25) is 0 Å². The molecule has 1 aromatic carbocycles. The van der Waals surface area contributed by atoms with E-state index in [-0.39, 0.29) is 53.9 Å². The summed E-state index contributed by atoms with van der Waals surface area (Å²) >= 11 is 0. The molecule has 148 valence electrons. The van der Waals surface area contributed by atoms with E-state index in [0.29, 0.717) is 13.1 Å². The van der Waals surface area contributed by atoms with E-state index in [2.05, 4.69) is 4.98 Å². The molecule has 0 bridgehead atoms. The van der Waals surface area contributed by atoms with E-state index in [4.69, 9.17) is 21.0 Å². The van der Waals surface area contributed by atoms with Gasteiger partial charge in [-0.2, -0.15) is 0 Å². The van der Waals surface area contributed by atoms with Gasteiger partial charge in [-0.05, 0) is 6.07 Å². The summed E-state index contributed by atoms with van der Waals surface area (Å²) in [6.45, 7) is 0.770. The van der Waals surface area contributed by atoms with Gasteiger partial charge in [-0.15, -0.1) is 0 Å². The molecule has 0 aliphatic carbocycles. The van der Waals surface area contributed by atoms with Crippen LogP contribution in [0.25, 0.3) is 11.1 Å². The molecule has 1 saturated heterocycles. The summed E-state index contributed by atoms with van der Waals surface area (Å²) in [7, 11) is 0. The Kier molecular flexibility index (Phi) is 5.84. The van der Waals surface area contributed by atoms with E-state index < -0.39 is 17.6 Å². The van der Waals surface area contributed by atoms with Crippen LogP contribution >= 0.6 is 0 Å². The molecule has 2 heterocycles.